The second kappa shape index (κ2) is 21.3. The van der Waals surface area contributed by atoms with E-state index in [0.717, 1.165) is 5.56 Å². The Kier molecular flexibility index (Phi) is 18.7. The van der Waals surface area contributed by atoms with Gasteiger partial charge in [0, 0.05) is 56.6 Å². The maximum Gasteiger partial charge on any atom is 0.328 e. The molecule has 0 spiro atoms. The number of carboxylic acids is 4. The van der Waals surface area contributed by atoms with Crippen molar-refractivity contribution in [2.24, 2.45) is 0 Å². The molecule has 1 fully saturated rings. The molecule has 0 atom stereocenters. The summed E-state index contributed by atoms with van der Waals surface area (Å²) in [7, 11) is 4.64. The van der Waals surface area contributed by atoms with Gasteiger partial charge in [-0.1, -0.05) is 0 Å². The van der Waals surface area contributed by atoms with E-state index < -0.39 is 23.9 Å². The number of piperazine rings is 1. The molecule has 1 heterocycles. The maximum atomic E-state index is 12.5. The molecule has 0 saturated carbocycles. The number of hydrogen-bond acceptors (Lipinski definition) is 11. The van der Waals surface area contributed by atoms with E-state index >= 15 is 0 Å². The van der Waals surface area contributed by atoms with Gasteiger partial charge >= 0.3 is 29.8 Å². The molecule has 242 valence electrons. The van der Waals surface area contributed by atoms with Crippen LogP contribution in [0.25, 0.3) is 6.08 Å². The number of carbonyl (C=O) groups is 6. The fourth-order valence-corrected chi connectivity index (χ4v) is 3.27. The normalized spacial score (nSPS) is 12.9. The molecule has 1 aromatic rings. The van der Waals surface area contributed by atoms with Crippen molar-refractivity contribution < 1.29 is 68.1 Å². The maximum absolute atomic E-state index is 12.5. The quantitative estimate of drug-likeness (QED) is 0.187. The number of amides is 1. The van der Waals surface area contributed by atoms with E-state index in [2.05, 4.69) is 0 Å². The van der Waals surface area contributed by atoms with Gasteiger partial charge < -0.3 is 44.3 Å². The number of carbonyl (C=O) groups excluding carboxylic acids is 2. The molecule has 16 heteroatoms. The lowest BCUT2D eigenvalue weighted by atomic mass is 10.1. The zero-order chi connectivity index (χ0) is 33.7. The van der Waals surface area contributed by atoms with Gasteiger partial charge in [-0.3, -0.25) is 14.5 Å². The average molecular weight is 625 g/mol. The second-order valence-corrected chi connectivity index (χ2v) is 8.22. The third kappa shape index (κ3) is 16.8. The zero-order valence-electron chi connectivity index (χ0n) is 24.6. The van der Waals surface area contributed by atoms with Crippen LogP contribution in [0.2, 0.25) is 0 Å². The van der Waals surface area contributed by atoms with Gasteiger partial charge in [-0.2, -0.15) is 0 Å². The third-order valence-corrected chi connectivity index (χ3v) is 5.18. The number of esters is 1. The Hall–Kier alpha value is -5.38. The molecule has 0 aromatic heterocycles. The lowest BCUT2D eigenvalue weighted by Crippen LogP contribution is -2.49. The van der Waals surface area contributed by atoms with Crippen molar-refractivity contribution in [1.82, 2.24) is 9.80 Å². The molecule has 1 amide bonds. The first-order valence-corrected chi connectivity index (χ1v) is 12.7. The summed E-state index contributed by atoms with van der Waals surface area (Å²) < 4.78 is 20.9. The van der Waals surface area contributed by atoms with Crippen molar-refractivity contribution in [3.05, 3.63) is 48.1 Å². The van der Waals surface area contributed by atoms with Gasteiger partial charge in [0.1, 0.15) is 0 Å². The Morgan fingerprint density at radius 2 is 1.14 bits per heavy atom. The summed E-state index contributed by atoms with van der Waals surface area (Å²) in [5.41, 5.74) is 0.767. The highest BCUT2D eigenvalue weighted by Gasteiger charge is 2.21. The Labute approximate surface area is 253 Å². The summed E-state index contributed by atoms with van der Waals surface area (Å²) in [5.74, 6) is -3.78. The molecule has 1 aliphatic heterocycles. The molecule has 0 aliphatic carbocycles. The lowest BCUT2D eigenvalue weighted by Gasteiger charge is -2.33. The Morgan fingerprint density at radius 3 is 1.48 bits per heavy atom. The van der Waals surface area contributed by atoms with Crippen LogP contribution in [0.15, 0.2) is 42.5 Å². The molecule has 1 saturated heterocycles. The van der Waals surface area contributed by atoms with Crippen LogP contribution in [-0.4, -0.2) is 127 Å². The van der Waals surface area contributed by atoms with Crippen LogP contribution >= 0.6 is 0 Å². The summed E-state index contributed by atoms with van der Waals surface area (Å²) in [6, 6.07) is 3.56. The first-order valence-electron chi connectivity index (χ1n) is 12.7. The number of methoxy groups -OCH3 is 3. The number of benzene rings is 1. The Bertz CT molecular complexity index is 1140. The van der Waals surface area contributed by atoms with Crippen LogP contribution in [-0.2, 0) is 33.5 Å². The first-order chi connectivity index (χ1) is 20.8. The van der Waals surface area contributed by atoms with Gasteiger partial charge in [0.15, 0.2) is 11.5 Å². The van der Waals surface area contributed by atoms with Gasteiger partial charge in [-0.25, -0.2) is 19.2 Å². The highest BCUT2D eigenvalue weighted by atomic mass is 16.5. The van der Waals surface area contributed by atoms with Crippen molar-refractivity contribution in [2.75, 3.05) is 60.7 Å². The summed E-state index contributed by atoms with van der Waals surface area (Å²) in [6.07, 6.45) is 5.48. The van der Waals surface area contributed by atoms with Crippen LogP contribution in [0, 0.1) is 0 Å². The number of hydrogen-bond donors (Lipinski definition) is 4. The largest absolute Gasteiger partial charge is 0.493 e. The summed E-state index contributed by atoms with van der Waals surface area (Å²) in [5, 5.41) is 31.2. The number of nitrogens with zero attached hydrogens (tertiary/aromatic N) is 2. The molecule has 0 unspecified atom stereocenters. The molecule has 4 N–H and O–H groups in total. The highest BCUT2D eigenvalue weighted by Crippen LogP contribution is 2.38. The monoisotopic (exact) mass is 624 g/mol. The van der Waals surface area contributed by atoms with E-state index in [1.54, 1.807) is 51.4 Å². The summed E-state index contributed by atoms with van der Waals surface area (Å²) in [4.78, 5) is 66.0. The number of aliphatic carboxylic acids is 4. The third-order valence-electron chi connectivity index (χ3n) is 5.18. The summed E-state index contributed by atoms with van der Waals surface area (Å²) in [6.45, 7) is 4.84. The predicted octanol–water partition coefficient (Wildman–Crippen LogP) is 0.857. The molecule has 2 rings (SSSR count). The van der Waals surface area contributed by atoms with Crippen LogP contribution in [0.1, 0.15) is 12.5 Å². The summed E-state index contributed by atoms with van der Waals surface area (Å²) >= 11 is 0. The van der Waals surface area contributed by atoms with Crippen LogP contribution in [0.5, 0.6) is 17.2 Å². The van der Waals surface area contributed by atoms with Crippen molar-refractivity contribution in [1.29, 1.82) is 0 Å². The fraction of sp³-hybridized carbons (Fsp3) is 0.357. The molecule has 16 nitrogen and oxygen atoms in total. The lowest BCUT2D eigenvalue weighted by molar-refractivity contribution is -0.145. The minimum Gasteiger partial charge on any atom is -0.493 e. The van der Waals surface area contributed by atoms with E-state index in [0.29, 0.717) is 74.3 Å². The van der Waals surface area contributed by atoms with Gasteiger partial charge in [-0.15, -0.1) is 0 Å². The molecule has 1 aliphatic rings. The van der Waals surface area contributed by atoms with E-state index in [4.69, 9.17) is 39.4 Å². The zero-order valence-corrected chi connectivity index (χ0v) is 24.6. The molecular formula is C28H36N2O14. The molecule has 0 radical (unpaired) electrons. The van der Waals surface area contributed by atoms with Gasteiger partial charge in [0.05, 0.1) is 34.5 Å². The van der Waals surface area contributed by atoms with E-state index in [9.17, 15) is 28.8 Å². The van der Waals surface area contributed by atoms with E-state index in [-0.39, 0.29) is 18.4 Å². The average Bonchev–Trinajstić information content (AvgIpc) is 2.98. The van der Waals surface area contributed by atoms with Crippen molar-refractivity contribution in [3.8, 4) is 17.2 Å². The molecule has 1 aromatic carbocycles. The second-order valence-electron chi connectivity index (χ2n) is 8.22. The van der Waals surface area contributed by atoms with Crippen molar-refractivity contribution in [2.45, 2.75) is 6.92 Å². The van der Waals surface area contributed by atoms with Crippen LogP contribution in [0.4, 0.5) is 0 Å². The number of carboxylic acid groups (broad SMARTS) is 4. The molecular weight excluding hydrogens is 588 g/mol. The highest BCUT2D eigenvalue weighted by molar-refractivity contribution is 5.92. The minimum absolute atomic E-state index is 0.0791. The predicted molar refractivity (Wildman–Crippen MR) is 154 cm³/mol. The van der Waals surface area contributed by atoms with Gasteiger partial charge in [0.2, 0.25) is 11.7 Å². The fourth-order valence-electron chi connectivity index (χ4n) is 3.27. The first kappa shape index (κ1) is 38.6. The minimum atomic E-state index is -1.26. The van der Waals surface area contributed by atoms with E-state index in [1.165, 1.54) is 6.08 Å². The van der Waals surface area contributed by atoms with Crippen LogP contribution < -0.4 is 14.2 Å². The van der Waals surface area contributed by atoms with Gasteiger partial charge in [-0.05, 0) is 30.7 Å². The van der Waals surface area contributed by atoms with E-state index in [1.807, 2.05) is 4.90 Å². The number of ether oxygens (including phenoxy) is 4. The standard InChI is InChI=1S/C20H28N2O6.2C4H4O4/c1-5-28-19(24)14-21-8-10-22(11-9-21)18(23)7-6-15-12-16(25-2)20(27-4)17(13-15)26-3;2*5-3(6)1-2-4(7)8/h6-7,12-13H,5,8-11,14H2,1-4H3;2*1-2H,(H,5,6)(H,7,8)/b7-6-;2*2-1-. The van der Waals surface area contributed by atoms with Crippen molar-refractivity contribution in [3.63, 3.8) is 0 Å². The topological polar surface area (TPSA) is 227 Å². The Balaban J connectivity index is 0.000000947. The van der Waals surface area contributed by atoms with Gasteiger partial charge in [0.25, 0.3) is 0 Å². The number of rotatable bonds is 12. The molecule has 44 heavy (non-hydrogen) atoms. The van der Waals surface area contributed by atoms with Crippen LogP contribution in [0.3, 0.4) is 0 Å². The molecule has 0 bridgehead atoms. The Morgan fingerprint density at radius 1 is 0.705 bits per heavy atom. The van der Waals surface area contributed by atoms with Crippen molar-refractivity contribution >= 4 is 41.8 Å². The SMILES string of the molecule is CCOC(=O)CN1CCN(C(=O)/C=C\c2cc(OC)c(OC)c(OC)c2)CC1.O=C(O)/C=C\C(=O)O.O=C(O)/C=C\C(=O)O. The smallest absolute Gasteiger partial charge is 0.328 e.